The van der Waals surface area contributed by atoms with Crippen molar-refractivity contribution >= 4 is 16.9 Å². The molecular weight excluding hydrogens is 252 g/mol. The standard InChI is InChI=1S/C14H22N6/c1-14(2,3)19-6-4-5-10(8-19)20-13-11(7-18-20)12(15)16-9-17-13/h7,9-10H,4-6,8H2,1-3H3,(H2,15,16,17). The van der Waals surface area contributed by atoms with Gasteiger partial charge in [-0.3, -0.25) is 4.90 Å². The summed E-state index contributed by atoms with van der Waals surface area (Å²) in [5, 5.41) is 5.35. The van der Waals surface area contributed by atoms with Crippen molar-refractivity contribution in [1.29, 1.82) is 0 Å². The molecule has 3 rings (SSSR count). The maximum absolute atomic E-state index is 5.88. The topological polar surface area (TPSA) is 72.9 Å². The van der Waals surface area contributed by atoms with E-state index >= 15 is 0 Å². The molecule has 6 heteroatoms. The van der Waals surface area contributed by atoms with E-state index < -0.39 is 0 Å². The molecule has 2 aromatic heterocycles. The maximum atomic E-state index is 5.88. The molecule has 0 aliphatic carbocycles. The van der Waals surface area contributed by atoms with E-state index in [1.54, 1.807) is 6.20 Å². The number of piperidine rings is 1. The number of likely N-dealkylation sites (tertiary alicyclic amines) is 1. The average molecular weight is 274 g/mol. The third kappa shape index (κ3) is 2.24. The number of hydrogen-bond acceptors (Lipinski definition) is 5. The van der Waals surface area contributed by atoms with Gasteiger partial charge in [0.15, 0.2) is 5.65 Å². The number of anilines is 1. The summed E-state index contributed by atoms with van der Waals surface area (Å²) < 4.78 is 2.02. The van der Waals surface area contributed by atoms with E-state index in [1.165, 1.54) is 12.7 Å². The van der Waals surface area contributed by atoms with Crippen molar-refractivity contribution in [2.75, 3.05) is 18.8 Å². The first-order chi connectivity index (χ1) is 9.47. The normalized spacial score (nSPS) is 21.4. The van der Waals surface area contributed by atoms with E-state index in [4.69, 9.17) is 5.73 Å². The van der Waals surface area contributed by atoms with Gasteiger partial charge in [-0.2, -0.15) is 5.10 Å². The largest absolute Gasteiger partial charge is 0.383 e. The number of rotatable bonds is 1. The molecule has 3 heterocycles. The Balaban J connectivity index is 1.93. The van der Waals surface area contributed by atoms with Crippen LogP contribution >= 0.6 is 0 Å². The van der Waals surface area contributed by atoms with Gasteiger partial charge < -0.3 is 5.73 Å². The van der Waals surface area contributed by atoms with E-state index in [1.807, 2.05) is 4.68 Å². The molecular formula is C14H22N6. The van der Waals surface area contributed by atoms with Crippen molar-refractivity contribution in [3.63, 3.8) is 0 Å². The minimum atomic E-state index is 0.190. The Morgan fingerprint density at radius 1 is 1.30 bits per heavy atom. The summed E-state index contributed by atoms with van der Waals surface area (Å²) in [4.78, 5) is 10.9. The number of hydrogen-bond donors (Lipinski definition) is 1. The molecule has 0 aromatic carbocycles. The van der Waals surface area contributed by atoms with E-state index in [-0.39, 0.29) is 5.54 Å². The number of aromatic nitrogens is 4. The molecule has 2 aromatic rings. The van der Waals surface area contributed by atoms with Gasteiger partial charge >= 0.3 is 0 Å². The number of nitrogen functional groups attached to an aromatic ring is 1. The fourth-order valence-corrected chi connectivity index (χ4v) is 2.91. The van der Waals surface area contributed by atoms with Crippen molar-refractivity contribution < 1.29 is 0 Å². The molecule has 1 aliphatic rings. The summed E-state index contributed by atoms with van der Waals surface area (Å²) in [6.45, 7) is 8.94. The summed E-state index contributed by atoms with van der Waals surface area (Å²) >= 11 is 0. The highest BCUT2D eigenvalue weighted by Gasteiger charge is 2.29. The van der Waals surface area contributed by atoms with Crippen LogP contribution in [0, 0.1) is 0 Å². The highest BCUT2D eigenvalue weighted by atomic mass is 15.3. The van der Waals surface area contributed by atoms with E-state index in [0.29, 0.717) is 11.9 Å². The van der Waals surface area contributed by atoms with Gasteiger partial charge in [0.05, 0.1) is 17.6 Å². The predicted octanol–water partition coefficient (Wildman–Crippen LogP) is 1.84. The second kappa shape index (κ2) is 4.70. The lowest BCUT2D eigenvalue weighted by molar-refractivity contribution is 0.0796. The van der Waals surface area contributed by atoms with Crippen LogP contribution in [0.2, 0.25) is 0 Å². The molecule has 1 atom stereocenters. The first-order valence-electron chi connectivity index (χ1n) is 7.15. The molecule has 6 nitrogen and oxygen atoms in total. The number of nitrogens with zero attached hydrogens (tertiary/aromatic N) is 5. The Bertz CT molecular complexity index is 612. The van der Waals surface area contributed by atoms with Crippen LogP contribution in [0.5, 0.6) is 0 Å². The molecule has 0 bridgehead atoms. The zero-order valence-electron chi connectivity index (χ0n) is 12.4. The fraction of sp³-hybridized carbons (Fsp3) is 0.643. The van der Waals surface area contributed by atoms with Crippen LogP contribution in [0.25, 0.3) is 11.0 Å². The quantitative estimate of drug-likeness (QED) is 0.859. The lowest BCUT2D eigenvalue weighted by atomic mass is 9.98. The monoisotopic (exact) mass is 274 g/mol. The minimum Gasteiger partial charge on any atom is -0.383 e. The summed E-state index contributed by atoms with van der Waals surface area (Å²) in [5.41, 5.74) is 6.92. The highest BCUT2D eigenvalue weighted by molar-refractivity contribution is 5.84. The van der Waals surface area contributed by atoms with Gasteiger partial charge in [-0.15, -0.1) is 0 Å². The van der Waals surface area contributed by atoms with E-state index in [0.717, 1.165) is 30.5 Å². The van der Waals surface area contributed by atoms with Crippen molar-refractivity contribution in [3.05, 3.63) is 12.5 Å². The molecule has 108 valence electrons. The van der Waals surface area contributed by atoms with Crippen molar-refractivity contribution in [1.82, 2.24) is 24.6 Å². The maximum Gasteiger partial charge on any atom is 0.163 e. The highest BCUT2D eigenvalue weighted by Crippen LogP contribution is 2.29. The van der Waals surface area contributed by atoms with Crippen molar-refractivity contribution in [3.8, 4) is 0 Å². The van der Waals surface area contributed by atoms with Crippen LogP contribution in [-0.2, 0) is 0 Å². The second-order valence-corrected chi connectivity index (χ2v) is 6.50. The van der Waals surface area contributed by atoms with Crippen LogP contribution in [-0.4, -0.2) is 43.3 Å². The lowest BCUT2D eigenvalue weighted by Gasteiger charge is -2.41. The molecule has 20 heavy (non-hydrogen) atoms. The van der Waals surface area contributed by atoms with Crippen LogP contribution < -0.4 is 5.73 Å². The van der Waals surface area contributed by atoms with Crippen LogP contribution in [0.4, 0.5) is 5.82 Å². The van der Waals surface area contributed by atoms with Gasteiger partial charge in [-0.1, -0.05) is 0 Å². The molecule has 0 radical (unpaired) electrons. The van der Waals surface area contributed by atoms with E-state index in [9.17, 15) is 0 Å². The Hall–Kier alpha value is -1.69. The smallest absolute Gasteiger partial charge is 0.163 e. The fourth-order valence-electron chi connectivity index (χ4n) is 2.91. The lowest BCUT2D eigenvalue weighted by Crippen LogP contribution is -2.47. The number of fused-ring (bicyclic) bond motifs is 1. The molecule has 0 spiro atoms. The van der Waals surface area contributed by atoms with Crippen LogP contribution in [0.15, 0.2) is 12.5 Å². The Kier molecular flexibility index (Phi) is 3.12. The average Bonchev–Trinajstić information content (AvgIpc) is 2.83. The zero-order chi connectivity index (χ0) is 14.3. The van der Waals surface area contributed by atoms with Gasteiger partial charge in [0, 0.05) is 12.1 Å². The zero-order valence-corrected chi connectivity index (χ0v) is 12.4. The van der Waals surface area contributed by atoms with Gasteiger partial charge in [0.1, 0.15) is 12.1 Å². The third-order valence-corrected chi connectivity index (χ3v) is 4.11. The first-order valence-corrected chi connectivity index (χ1v) is 7.15. The third-order valence-electron chi connectivity index (χ3n) is 4.11. The van der Waals surface area contributed by atoms with Crippen LogP contribution in [0.3, 0.4) is 0 Å². The van der Waals surface area contributed by atoms with Gasteiger partial charge in [-0.05, 0) is 40.2 Å². The van der Waals surface area contributed by atoms with Crippen molar-refractivity contribution in [2.24, 2.45) is 0 Å². The van der Waals surface area contributed by atoms with Crippen LogP contribution in [0.1, 0.15) is 39.7 Å². The predicted molar refractivity (Wildman–Crippen MR) is 79.3 cm³/mol. The van der Waals surface area contributed by atoms with Gasteiger partial charge in [0.2, 0.25) is 0 Å². The first kappa shape index (κ1) is 13.3. The van der Waals surface area contributed by atoms with Crippen molar-refractivity contribution in [2.45, 2.75) is 45.2 Å². The summed E-state index contributed by atoms with van der Waals surface area (Å²) in [5.74, 6) is 0.504. The van der Waals surface area contributed by atoms with Gasteiger partial charge in [0.25, 0.3) is 0 Å². The molecule has 0 amide bonds. The Morgan fingerprint density at radius 3 is 2.85 bits per heavy atom. The Morgan fingerprint density at radius 2 is 2.10 bits per heavy atom. The molecule has 0 saturated carbocycles. The summed E-state index contributed by atoms with van der Waals surface area (Å²) in [7, 11) is 0. The molecule has 1 fully saturated rings. The van der Waals surface area contributed by atoms with Gasteiger partial charge in [-0.25, -0.2) is 14.6 Å². The number of nitrogens with two attached hydrogens (primary N) is 1. The summed E-state index contributed by atoms with van der Waals surface area (Å²) in [6.07, 6.45) is 5.61. The summed E-state index contributed by atoms with van der Waals surface area (Å²) in [6, 6.07) is 0.356. The molecule has 1 aliphatic heterocycles. The second-order valence-electron chi connectivity index (χ2n) is 6.50. The molecule has 1 saturated heterocycles. The molecule has 2 N–H and O–H groups in total. The van der Waals surface area contributed by atoms with E-state index in [2.05, 4.69) is 40.7 Å². The Labute approximate surface area is 119 Å². The minimum absolute atomic E-state index is 0.190. The molecule has 1 unspecified atom stereocenters. The SMILES string of the molecule is CC(C)(C)N1CCCC(n2ncc3c(N)ncnc32)C1.